The molecule has 0 aliphatic rings. The Hall–Kier alpha value is -0.860. The molecule has 1 N–H and O–H groups in total. The van der Waals surface area contributed by atoms with E-state index in [-0.39, 0.29) is 0 Å². The maximum absolute atomic E-state index is 3.60. The molecule has 0 amide bonds. The number of fused-ring (bicyclic) bond motifs is 1. The first-order valence-electron chi connectivity index (χ1n) is 6.91. The van der Waals surface area contributed by atoms with Gasteiger partial charge in [-0.25, -0.2) is 0 Å². The predicted molar refractivity (Wildman–Crippen MR) is 82.4 cm³/mol. The summed E-state index contributed by atoms with van der Waals surface area (Å²) < 4.78 is 1.41. The van der Waals surface area contributed by atoms with Crippen LogP contribution < -0.4 is 5.32 Å². The first-order valence-corrected chi connectivity index (χ1v) is 7.78. The van der Waals surface area contributed by atoms with Gasteiger partial charge in [-0.05, 0) is 47.7 Å². The van der Waals surface area contributed by atoms with Crippen LogP contribution in [0.15, 0.2) is 29.6 Å². The lowest BCUT2D eigenvalue weighted by Crippen LogP contribution is -2.34. The van der Waals surface area contributed by atoms with Gasteiger partial charge in [0.1, 0.15) is 0 Å². The zero-order valence-corrected chi connectivity index (χ0v) is 12.4. The molecule has 1 aromatic carbocycles. The number of aryl methyl sites for hydroxylation is 1. The summed E-state index contributed by atoms with van der Waals surface area (Å²) in [6, 6.07) is 9.36. The van der Waals surface area contributed by atoms with E-state index >= 15 is 0 Å². The van der Waals surface area contributed by atoms with E-state index in [9.17, 15) is 0 Å². The second-order valence-electron chi connectivity index (χ2n) is 5.20. The van der Waals surface area contributed by atoms with Gasteiger partial charge >= 0.3 is 0 Å². The molecular weight excluding hydrogens is 238 g/mol. The van der Waals surface area contributed by atoms with Crippen molar-refractivity contribution in [3.63, 3.8) is 0 Å². The van der Waals surface area contributed by atoms with Crippen molar-refractivity contribution in [2.24, 2.45) is 5.92 Å². The summed E-state index contributed by atoms with van der Waals surface area (Å²) in [7, 11) is 0. The lowest BCUT2D eigenvalue weighted by molar-refractivity contribution is 0.386. The maximum Gasteiger partial charge on any atom is 0.0345 e. The Balaban J connectivity index is 2.05. The van der Waals surface area contributed by atoms with Gasteiger partial charge in [0.2, 0.25) is 0 Å². The van der Waals surface area contributed by atoms with Crippen LogP contribution in [0.1, 0.15) is 32.8 Å². The van der Waals surface area contributed by atoms with E-state index in [1.165, 1.54) is 28.5 Å². The highest BCUT2D eigenvalue weighted by atomic mass is 32.1. The van der Waals surface area contributed by atoms with Crippen LogP contribution in [0.4, 0.5) is 0 Å². The Kier molecular flexibility index (Phi) is 4.79. The van der Waals surface area contributed by atoms with Gasteiger partial charge in [0.05, 0.1) is 0 Å². The van der Waals surface area contributed by atoms with E-state index in [1.807, 2.05) is 11.3 Å². The molecule has 2 aromatic rings. The molecule has 1 nitrogen and oxygen atoms in total. The molecule has 2 rings (SSSR count). The number of hydrogen-bond acceptors (Lipinski definition) is 2. The molecule has 18 heavy (non-hydrogen) atoms. The Morgan fingerprint density at radius 2 is 2.00 bits per heavy atom. The predicted octanol–water partition coefficient (Wildman–Crippen LogP) is 4.47. The largest absolute Gasteiger partial charge is 0.314 e. The lowest BCUT2D eigenvalue weighted by Gasteiger charge is -2.21. The monoisotopic (exact) mass is 261 g/mol. The Bertz CT molecular complexity index is 487. The van der Waals surface area contributed by atoms with Crippen LogP contribution in [0, 0.1) is 5.92 Å². The molecule has 0 saturated carbocycles. The third kappa shape index (κ3) is 3.12. The minimum absolute atomic E-state index is 0.633. The average molecular weight is 261 g/mol. The fourth-order valence-electron chi connectivity index (χ4n) is 2.47. The minimum atomic E-state index is 0.633. The summed E-state index contributed by atoms with van der Waals surface area (Å²) in [4.78, 5) is 0. The first kappa shape index (κ1) is 13.6. The molecule has 0 radical (unpaired) electrons. The van der Waals surface area contributed by atoms with Gasteiger partial charge < -0.3 is 5.32 Å². The summed E-state index contributed by atoms with van der Waals surface area (Å²) in [6.45, 7) is 7.86. The van der Waals surface area contributed by atoms with Gasteiger partial charge in [-0.15, -0.1) is 11.3 Å². The second kappa shape index (κ2) is 6.35. The molecule has 98 valence electrons. The van der Waals surface area contributed by atoms with Crippen molar-refractivity contribution in [1.29, 1.82) is 0 Å². The topological polar surface area (TPSA) is 12.0 Å². The van der Waals surface area contributed by atoms with Crippen molar-refractivity contribution in [3.05, 3.63) is 35.2 Å². The van der Waals surface area contributed by atoms with Gasteiger partial charge in [-0.1, -0.05) is 39.0 Å². The van der Waals surface area contributed by atoms with Crippen molar-refractivity contribution in [3.8, 4) is 0 Å². The Morgan fingerprint density at radius 1 is 1.22 bits per heavy atom. The second-order valence-corrected chi connectivity index (χ2v) is 6.12. The molecule has 1 atom stereocenters. The third-order valence-corrected chi connectivity index (χ3v) is 4.57. The van der Waals surface area contributed by atoms with Gasteiger partial charge in [0, 0.05) is 10.7 Å². The average Bonchev–Trinajstić information content (AvgIpc) is 2.77. The molecule has 0 saturated heterocycles. The number of hydrogen-bond donors (Lipinski definition) is 1. The molecule has 1 aromatic heterocycles. The van der Waals surface area contributed by atoms with Crippen LogP contribution in [0.25, 0.3) is 10.1 Å². The third-order valence-electron chi connectivity index (χ3n) is 3.56. The summed E-state index contributed by atoms with van der Waals surface area (Å²) in [5.41, 5.74) is 1.51. The summed E-state index contributed by atoms with van der Waals surface area (Å²) in [5.74, 6) is 0.704. The zero-order valence-electron chi connectivity index (χ0n) is 11.6. The van der Waals surface area contributed by atoms with Crippen LogP contribution in [0.5, 0.6) is 0 Å². The van der Waals surface area contributed by atoms with Gasteiger partial charge in [0.25, 0.3) is 0 Å². The van der Waals surface area contributed by atoms with Crippen LogP contribution in [0.3, 0.4) is 0 Å². The number of rotatable bonds is 6. The molecular formula is C16H23NS. The van der Waals surface area contributed by atoms with E-state index in [0.717, 1.165) is 6.54 Å². The summed E-state index contributed by atoms with van der Waals surface area (Å²) in [6.07, 6.45) is 2.41. The number of thiophene rings is 1. The Labute approximate surface area is 114 Å². The zero-order chi connectivity index (χ0) is 13.0. The van der Waals surface area contributed by atoms with E-state index in [0.29, 0.717) is 12.0 Å². The minimum Gasteiger partial charge on any atom is -0.314 e. The van der Waals surface area contributed by atoms with Crippen LogP contribution in [-0.4, -0.2) is 12.6 Å². The van der Waals surface area contributed by atoms with Gasteiger partial charge in [0.15, 0.2) is 0 Å². The van der Waals surface area contributed by atoms with E-state index in [2.05, 4.69) is 55.7 Å². The van der Waals surface area contributed by atoms with Crippen molar-refractivity contribution in [2.75, 3.05) is 6.54 Å². The van der Waals surface area contributed by atoms with Crippen LogP contribution >= 0.6 is 11.3 Å². The van der Waals surface area contributed by atoms with Crippen molar-refractivity contribution < 1.29 is 0 Å². The molecule has 0 bridgehead atoms. The Morgan fingerprint density at radius 3 is 2.72 bits per heavy atom. The van der Waals surface area contributed by atoms with Gasteiger partial charge in [-0.2, -0.15) is 0 Å². The highest BCUT2D eigenvalue weighted by Crippen LogP contribution is 2.27. The standard InChI is InChI=1S/C16H23NS/c1-4-17-15(12(2)3)10-9-13-11-18-16-8-6-5-7-14(13)16/h5-8,11-12,15,17H,4,9-10H2,1-3H3. The highest BCUT2D eigenvalue weighted by Gasteiger charge is 2.13. The van der Waals surface area contributed by atoms with Crippen molar-refractivity contribution in [1.82, 2.24) is 5.32 Å². The molecule has 0 fully saturated rings. The van der Waals surface area contributed by atoms with E-state index in [1.54, 1.807) is 0 Å². The lowest BCUT2D eigenvalue weighted by atomic mass is 9.96. The highest BCUT2D eigenvalue weighted by molar-refractivity contribution is 7.17. The molecule has 1 heterocycles. The van der Waals surface area contributed by atoms with Crippen LogP contribution in [0.2, 0.25) is 0 Å². The molecule has 0 spiro atoms. The fourth-order valence-corrected chi connectivity index (χ4v) is 3.47. The summed E-state index contributed by atoms with van der Waals surface area (Å²) >= 11 is 1.87. The van der Waals surface area contributed by atoms with Gasteiger partial charge in [-0.3, -0.25) is 0 Å². The first-order chi connectivity index (χ1) is 8.72. The number of benzene rings is 1. The normalized spacial score (nSPS) is 13.3. The van der Waals surface area contributed by atoms with Crippen LogP contribution in [-0.2, 0) is 6.42 Å². The number of nitrogens with one attached hydrogen (secondary N) is 1. The summed E-state index contributed by atoms with van der Waals surface area (Å²) in [5, 5.41) is 7.37. The molecule has 1 unspecified atom stereocenters. The SMILES string of the molecule is CCNC(CCc1csc2ccccc12)C(C)C. The molecule has 2 heteroatoms. The smallest absolute Gasteiger partial charge is 0.0345 e. The van der Waals surface area contributed by atoms with E-state index < -0.39 is 0 Å². The molecule has 0 aliphatic heterocycles. The van der Waals surface area contributed by atoms with Crippen molar-refractivity contribution >= 4 is 21.4 Å². The molecule has 0 aliphatic carbocycles. The fraction of sp³-hybridized carbons (Fsp3) is 0.500. The quantitative estimate of drug-likeness (QED) is 0.809. The van der Waals surface area contributed by atoms with E-state index in [4.69, 9.17) is 0 Å². The maximum atomic E-state index is 3.60. The van der Waals surface area contributed by atoms with Crippen molar-refractivity contribution in [2.45, 2.75) is 39.7 Å².